The molecule has 1 aromatic heterocycles. The molecule has 4 aliphatic heterocycles. The highest BCUT2D eigenvalue weighted by molar-refractivity contribution is 6.31. The maximum absolute atomic E-state index is 17.5. The minimum absolute atomic E-state index is 0.0119. The average Bonchev–Trinajstić information content (AvgIpc) is 3.37. The molecule has 250 valence electrons. The predicted octanol–water partition coefficient (Wildman–Crippen LogP) is 2.40. The molecule has 12 nitrogen and oxygen atoms in total. The molecule has 2 aromatic rings. The molecule has 4 fully saturated rings. The fourth-order valence-corrected chi connectivity index (χ4v) is 8.66. The smallest absolute Gasteiger partial charge is 0.263 e. The van der Waals surface area contributed by atoms with Crippen LogP contribution in [0.2, 0.25) is 5.02 Å². The molecule has 3 saturated heterocycles. The minimum atomic E-state index is -2.49. The van der Waals surface area contributed by atoms with E-state index in [0.29, 0.717) is 65.9 Å². The second-order valence-electron chi connectivity index (χ2n) is 13.3. The highest BCUT2D eigenvalue weighted by Crippen LogP contribution is 2.50. The molecule has 1 amide bonds. The number of rotatable bonds is 10. The summed E-state index contributed by atoms with van der Waals surface area (Å²) in [6.07, 6.45) is 8.81. The lowest BCUT2D eigenvalue weighted by Gasteiger charge is -2.43. The van der Waals surface area contributed by atoms with Crippen molar-refractivity contribution in [3.05, 3.63) is 49.7 Å². The van der Waals surface area contributed by atoms with Crippen molar-refractivity contribution in [2.75, 3.05) is 45.2 Å². The second-order valence-corrected chi connectivity index (χ2v) is 13.7. The zero-order valence-electron chi connectivity index (χ0n) is 26.4. The number of ether oxygens (including phenoxy) is 1. The first-order chi connectivity index (χ1) is 22.7. The number of anilines is 1. The number of pyridine rings is 1. The predicted molar refractivity (Wildman–Crippen MR) is 175 cm³/mol. The van der Waals surface area contributed by atoms with Gasteiger partial charge in [0.1, 0.15) is 11.2 Å². The summed E-state index contributed by atoms with van der Waals surface area (Å²) in [5.41, 5.74) is 0.101. The number of nitrogens with one attached hydrogen (secondary N) is 2. The Kier molecular flexibility index (Phi) is 8.54. The van der Waals surface area contributed by atoms with Crippen LogP contribution in [0.3, 0.4) is 0 Å². The molecular formula is C33H40ClFN8O4. The summed E-state index contributed by atoms with van der Waals surface area (Å²) in [4.78, 5) is 24.2. The number of methoxy groups -OCH3 is 1. The molecule has 14 heteroatoms. The van der Waals surface area contributed by atoms with Gasteiger partial charge in [-0.3, -0.25) is 14.7 Å². The van der Waals surface area contributed by atoms with Gasteiger partial charge in [-0.15, -0.1) is 0 Å². The summed E-state index contributed by atoms with van der Waals surface area (Å²) < 4.78 is 22.9. The van der Waals surface area contributed by atoms with E-state index >= 15 is 4.39 Å². The number of likely N-dealkylation sites (tertiary alicyclic amines) is 1. The fourth-order valence-electron chi connectivity index (χ4n) is 8.32. The van der Waals surface area contributed by atoms with Crippen molar-refractivity contribution in [3.63, 3.8) is 0 Å². The highest BCUT2D eigenvalue weighted by Gasteiger charge is 2.58. The van der Waals surface area contributed by atoms with Crippen LogP contribution in [0.5, 0.6) is 0 Å². The van der Waals surface area contributed by atoms with Gasteiger partial charge in [0.25, 0.3) is 5.91 Å². The lowest BCUT2D eigenvalue weighted by atomic mass is 9.89. The van der Waals surface area contributed by atoms with E-state index < -0.39 is 17.3 Å². The maximum atomic E-state index is 17.5. The van der Waals surface area contributed by atoms with Crippen molar-refractivity contribution in [3.8, 4) is 0 Å². The van der Waals surface area contributed by atoms with Gasteiger partial charge in [0, 0.05) is 54.5 Å². The van der Waals surface area contributed by atoms with Crippen LogP contribution in [0.25, 0.3) is 12.0 Å². The molecule has 5 heterocycles. The summed E-state index contributed by atoms with van der Waals surface area (Å²) in [6.45, 7) is 6.81. The first-order valence-corrected chi connectivity index (χ1v) is 16.7. The Labute approximate surface area is 276 Å². The number of aromatic nitrogens is 1. The Morgan fingerprint density at radius 2 is 2.09 bits per heavy atom. The number of nitrogens with zero attached hydrogens (tertiary/aromatic N) is 6. The van der Waals surface area contributed by atoms with Crippen molar-refractivity contribution in [1.29, 1.82) is 0 Å². The molecule has 4 N–H and O–H groups in total. The minimum Gasteiger partial charge on any atom is -0.384 e. The van der Waals surface area contributed by atoms with Crippen LogP contribution < -0.4 is 21.1 Å². The number of carbonyl (C=O) groups excluding carboxylic acids is 1. The first-order valence-electron chi connectivity index (χ1n) is 16.3. The molecule has 3 unspecified atom stereocenters. The number of halogens is 2. The Hall–Kier alpha value is -3.49. The molecule has 7 rings (SSSR count). The zero-order chi connectivity index (χ0) is 32.9. The first kappa shape index (κ1) is 32.1. The summed E-state index contributed by atoms with van der Waals surface area (Å²) in [5, 5.41) is 39.5. The quantitative estimate of drug-likeness (QED) is 0.172. The van der Waals surface area contributed by atoms with Crippen LogP contribution in [0.4, 0.5) is 15.8 Å². The van der Waals surface area contributed by atoms with Crippen LogP contribution in [-0.4, -0.2) is 95.5 Å². The molecule has 3 atom stereocenters. The number of amides is 1. The number of carbonyl (C=O) groups is 1. The lowest BCUT2D eigenvalue weighted by Crippen LogP contribution is -2.63. The lowest BCUT2D eigenvalue weighted by molar-refractivity contribution is -0.213. The van der Waals surface area contributed by atoms with E-state index in [2.05, 4.69) is 37.5 Å². The highest BCUT2D eigenvalue weighted by atomic mass is 35.5. The number of fused-ring (bicyclic) bond motifs is 2. The topological polar surface area (TPSA) is 147 Å². The number of piperidine rings is 1. The van der Waals surface area contributed by atoms with Crippen molar-refractivity contribution in [2.24, 2.45) is 21.1 Å². The molecule has 1 aromatic carbocycles. The summed E-state index contributed by atoms with van der Waals surface area (Å²) in [7, 11) is 1.65. The van der Waals surface area contributed by atoms with Gasteiger partial charge in [0.15, 0.2) is 5.82 Å². The van der Waals surface area contributed by atoms with Gasteiger partial charge < -0.3 is 30.5 Å². The van der Waals surface area contributed by atoms with Crippen LogP contribution in [-0.2, 0) is 9.53 Å². The van der Waals surface area contributed by atoms with Gasteiger partial charge in [-0.1, -0.05) is 11.6 Å². The van der Waals surface area contributed by atoms with Gasteiger partial charge in [-0.2, -0.15) is 10.2 Å². The van der Waals surface area contributed by atoms with Gasteiger partial charge in [0.05, 0.1) is 28.3 Å². The molecule has 47 heavy (non-hydrogen) atoms. The van der Waals surface area contributed by atoms with Crippen molar-refractivity contribution >= 4 is 48.1 Å². The number of aliphatic imine (C=N–C) groups is 1. The Morgan fingerprint density at radius 3 is 2.81 bits per heavy atom. The number of hydrogen-bond acceptors (Lipinski definition) is 11. The van der Waals surface area contributed by atoms with Crippen LogP contribution in [0.1, 0.15) is 56.4 Å². The van der Waals surface area contributed by atoms with E-state index in [0.717, 1.165) is 50.8 Å². The Bertz CT molecular complexity index is 1850. The third kappa shape index (κ3) is 5.41. The summed E-state index contributed by atoms with van der Waals surface area (Å²) in [5.74, 6) is -2.73. The molecule has 0 radical (unpaired) electrons. The monoisotopic (exact) mass is 666 g/mol. The molecule has 5 aliphatic rings. The largest absolute Gasteiger partial charge is 0.384 e. The number of azo groups is 1. The SMILES string of the molecule is C=N/C(=c1/cn/c(=c2\c(C3CC3COC)c(Cl)cc3c2=CN=N3)c(F)c1NC(O)(O)C12CCCN1CCC2)N1CCCC(NC=O)C1. The van der Waals surface area contributed by atoms with E-state index in [1.807, 2.05) is 4.90 Å². The van der Waals surface area contributed by atoms with E-state index in [1.165, 1.54) is 6.20 Å². The van der Waals surface area contributed by atoms with Gasteiger partial charge in [-0.25, -0.2) is 9.38 Å². The molecule has 1 aliphatic carbocycles. The van der Waals surface area contributed by atoms with Crippen LogP contribution in [0, 0.1) is 22.3 Å². The zero-order valence-corrected chi connectivity index (χ0v) is 27.1. The third-order valence-corrected chi connectivity index (χ3v) is 10.9. The van der Waals surface area contributed by atoms with Crippen molar-refractivity contribution in [1.82, 2.24) is 20.1 Å². The third-order valence-electron chi connectivity index (χ3n) is 10.6. The summed E-state index contributed by atoms with van der Waals surface area (Å²) in [6, 6.07) is 1.61. The average molecular weight is 667 g/mol. The number of benzene rings is 1. The van der Waals surface area contributed by atoms with Crippen molar-refractivity contribution in [2.45, 2.75) is 68.4 Å². The van der Waals surface area contributed by atoms with Crippen LogP contribution >= 0.6 is 11.6 Å². The molecule has 1 saturated carbocycles. The molecular weight excluding hydrogens is 627 g/mol. The summed E-state index contributed by atoms with van der Waals surface area (Å²) >= 11 is 6.88. The Morgan fingerprint density at radius 1 is 1.30 bits per heavy atom. The van der Waals surface area contributed by atoms with E-state index in [-0.39, 0.29) is 34.1 Å². The Balaban J connectivity index is 1.50. The maximum Gasteiger partial charge on any atom is 0.263 e. The van der Waals surface area contributed by atoms with E-state index in [1.54, 1.807) is 19.4 Å². The van der Waals surface area contributed by atoms with Crippen LogP contribution in [0.15, 0.2) is 27.5 Å². The van der Waals surface area contributed by atoms with Gasteiger partial charge in [0.2, 0.25) is 6.41 Å². The normalized spacial score (nSPS) is 26.0. The number of hydrogen-bond donors (Lipinski definition) is 4. The molecule has 0 spiro atoms. The number of aliphatic hydroxyl groups is 2. The fraction of sp³-hybridized carbons (Fsp3) is 0.545. The second kappa shape index (κ2) is 12.5. The standard InChI is InChI=1S/C33H40ClFN8O4/c1-36-31(42-9-3-6-20(16-42)38-18-44)23-14-37-30(28(35)29(23)40-33(45,46)32-7-4-10-43(32)11-5-8-32)27-22-15-39-41-25(22)13-24(34)26(27)21-12-19(21)17-47-2/h13-15,18-21,40,45-46H,1,3-12,16-17H2,2H3,(H,38,44)/b30-27-,31-23+. The van der Waals surface area contributed by atoms with Gasteiger partial charge >= 0.3 is 0 Å². The van der Waals surface area contributed by atoms with E-state index in [9.17, 15) is 15.0 Å². The molecule has 0 bridgehead atoms. The van der Waals surface area contributed by atoms with Gasteiger partial charge in [-0.05, 0) is 88.2 Å². The van der Waals surface area contributed by atoms with Crippen molar-refractivity contribution < 1.29 is 24.1 Å². The van der Waals surface area contributed by atoms with E-state index in [4.69, 9.17) is 21.3 Å².